The lowest BCUT2D eigenvalue weighted by Crippen LogP contribution is -2.28. The highest BCUT2D eigenvalue weighted by molar-refractivity contribution is 5.98. The second-order valence-corrected chi connectivity index (χ2v) is 6.65. The number of halogens is 3. The molecule has 2 amide bonds. The van der Waals surface area contributed by atoms with Crippen LogP contribution in [0.4, 0.5) is 18.9 Å². The smallest absolute Gasteiger partial charge is 0.352 e. The lowest BCUT2D eigenvalue weighted by atomic mass is 10.0. The molecular formula is C21H21F3N2O2. The van der Waals surface area contributed by atoms with Crippen LogP contribution in [-0.2, 0) is 23.8 Å². The van der Waals surface area contributed by atoms with Crippen molar-refractivity contribution in [1.29, 1.82) is 0 Å². The molecule has 0 atom stereocenters. The van der Waals surface area contributed by atoms with E-state index in [1.165, 1.54) is 12.1 Å². The normalized spacial score (nSPS) is 13.4. The van der Waals surface area contributed by atoms with Gasteiger partial charge < -0.3 is 10.2 Å². The van der Waals surface area contributed by atoms with Gasteiger partial charge >= 0.3 is 6.18 Å². The van der Waals surface area contributed by atoms with E-state index in [-0.39, 0.29) is 30.3 Å². The zero-order valence-corrected chi connectivity index (χ0v) is 15.5. The molecule has 0 bridgehead atoms. The van der Waals surface area contributed by atoms with E-state index in [4.69, 9.17) is 0 Å². The van der Waals surface area contributed by atoms with Crippen LogP contribution < -0.4 is 10.2 Å². The summed E-state index contributed by atoms with van der Waals surface area (Å²) in [5.41, 5.74) is 1.66. The van der Waals surface area contributed by atoms with E-state index in [1.54, 1.807) is 36.1 Å². The Balaban J connectivity index is 1.64. The number of hydrogen-bond acceptors (Lipinski definition) is 2. The predicted molar refractivity (Wildman–Crippen MR) is 100 cm³/mol. The minimum absolute atomic E-state index is 0.0410. The third kappa shape index (κ3) is 4.18. The van der Waals surface area contributed by atoms with E-state index >= 15 is 0 Å². The molecule has 0 spiro atoms. The van der Waals surface area contributed by atoms with Crippen molar-refractivity contribution in [3.63, 3.8) is 0 Å². The van der Waals surface area contributed by atoms with Gasteiger partial charge in [0.2, 0.25) is 5.91 Å². The number of nitrogens with zero attached hydrogens (tertiary/aromatic N) is 1. The topological polar surface area (TPSA) is 49.4 Å². The highest BCUT2D eigenvalue weighted by Gasteiger charge is 2.32. The number of benzene rings is 2. The van der Waals surface area contributed by atoms with E-state index in [2.05, 4.69) is 5.32 Å². The molecule has 1 aliphatic heterocycles. The van der Waals surface area contributed by atoms with E-state index in [9.17, 15) is 22.8 Å². The molecular weight excluding hydrogens is 369 g/mol. The standard InChI is InChI=1S/C21H21F3N2O2/c1-2-19(27)26-12-10-15-13-16(7-8-18(15)26)20(28)25-11-9-14-5-3-4-6-17(14)21(22,23)24/h3-8,13H,2,9-12H2,1H3,(H,25,28). The number of anilines is 1. The summed E-state index contributed by atoms with van der Waals surface area (Å²) < 4.78 is 39.1. The van der Waals surface area contributed by atoms with E-state index in [0.717, 1.165) is 17.3 Å². The summed E-state index contributed by atoms with van der Waals surface area (Å²) in [5.74, 6) is -0.299. The maximum Gasteiger partial charge on any atom is 0.416 e. The maximum atomic E-state index is 13.0. The number of fused-ring (bicyclic) bond motifs is 1. The first-order valence-electron chi connectivity index (χ1n) is 9.18. The Labute approximate surface area is 161 Å². The molecule has 0 radical (unpaired) electrons. The van der Waals surface area contributed by atoms with Gasteiger partial charge in [-0.1, -0.05) is 25.1 Å². The Bertz CT molecular complexity index is 893. The van der Waals surface area contributed by atoms with E-state index in [1.807, 2.05) is 0 Å². The zero-order chi connectivity index (χ0) is 20.3. The Morgan fingerprint density at radius 3 is 2.61 bits per heavy atom. The molecule has 2 aromatic carbocycles. The molecule has 4 nitrogen and oxygen atoms in total. The van der Waals surface area contributed by atoms with Crippen molar-refractivity contribution in [2.45, 2.75) is 32.4 Å². The minimum Gasteiger partial charge on any atom is -0.352 e. The van der Waals surface area contributed by atoms with Crippen LogP contribution in [0.3, 0.4) is 0 Å². The van der Waals surface area contributed by atoms with Crippen LogP contribution in [0.5, 0.6) is 0 Å². The summed E-state index contributed by atoms with van der Waals surface area (Å²) >= 11 is 0. The van der Waals surface area contributed by atoms with Crippen LogP contribution in [0.2, 0.25) is 0 Å². The molecule has 0 saturated carbocycles. The van der Waals surface area contributed by atoms with Gasteiger partial charge in [-0.25, -0.2) is 0 Å². The van der Waals surface area contributed by atoms with Crippen LogP contribution >= 0.6 is 0 Å². The molecule has 1 aliphatic rings. The van der Waals surface area contributed by atoms with Crippen LogP contribution in [0, 0.1) is 0 Å². The van der Waals surface area contributed by atoms with E-state index in [0.29, 0.717) is 24.9 Å². The fourth-order valence-electron chi connectivity index (χ4n) is 3.42. The fraction of sp³-hybridized carbons (Fsp3) is 0.333. The van der Waals surface area contributed by atoms with Gasteiger partial charge in [0.05, 0.1) is 5.56 Å². The molecule has 0 saturated heterocycles. The zero-order valence-electron chi connectivity index (χ0n) is 15.5. The Morgan fingerprint density at radius 1 is 1.14 bits per heavy atom. The first kappa shape index (κ1) is 19.9. The van der Waals surface area contributed by atoms with Gasteiger partial charge in [-0.15, -0.1) is 0 Å². The average Bonchev–Trinajstić information content (AvgIpc) is 3.10. The highest BCUT2D eigenvalue weighted by Crippen LogP contribution is 2.32. The van der Waals surface area contributed by atoms with Crippen molar-refractivity contribution < 1.29 is 22.8 Å². The Morgan fingerprint density at radius 2 is 1.89 bits per heavy atom. The Hall–Kier alpha value is -2.83. The van der Waals surface area contributed by atoms with Gasteiger partial charge in [0.1, 0.15) is 0 Å². The lowest BCUT2D eigenvalue weighted by molar-refractivity contribution is -0.138. The summed E-state index contributed by atoms with van der Waals surface area (Å²) in [6, 6.07) is 10.5. The molecule has 3 rings (SSSR count). The second-order valence-electron chi connectivity index (χ2n) is 6.65. The predicted octanol–water partition coefficient (Wildman–Crippen LogP) is 3.98. The van der Waals surface area contributed by atoms with Gasteiger partial charge in [-0.3, -0.25) is 9.59 Å². The Kier molecular flexibility index (Phi) is 5.72. The summed E-state index contributed by atoms with van der Waals surface area (Å²) in [5, 5.41) is 2.68. The molecule has 2 aromatic rings. The maximum absolute atomic E-state index is 13.0. The van der Waals surface area contributed by atoms with Gasteiger partial charge in [-0.05, 0) is 48.2 Å². The largest absolute Gasteiger partial charge is 0.416 e. The molecule has 28 heavy (non-hydrogen) atoms. The molecule has 0 fully saturated rings. The van der Waals surface area contributed by atoms with E-state index < -0.39 is 11.7 Å². The van der Waals surface area contributed by atoms with Crippen LogP contribution in [0.25, 0.3) is 0 Å². The summed E-state index contributed by atoms with van der Waals surface area (Å²) in [6.45, 7) is 2.50. The molecule has 0 aromatic heterocycles. The highest BCUT2D eigenvalue weighted by atomic mass is 19.4. The number of nitrogens with one attached hydrogen (secondary N) is 1. The van der Waals surface area contributed by atoms with Crippen molar-refractivity contribution in [2.24, 2.45) is 0 Å². The molecule has 7 heteroatoms. The first-order chi connectivity index (χ1) is 13.3. The molecule has 0 aliphatic carbocycles. The van der Waals surface area contributed by atoms with Crippen LogP contribution in [0.15, 0.2) is 42.5 Å². The quantitative estimate of drug-likeness (QED) is 0.840. The number of carbonyl (C=O) groups excluding carboxylic acids is 2. The van der Waals surface area contributed by atoms with Crippen molar-refractivity contribution in [2.75, 3.05) is 18.0 Å². The van der Waals surface area contributed by atoms with Gasteiger partial charge in [0.15, 0.2) is 0 Å². The number of hydrogen-bond donors (Lipinski definition) is 1. The second kappa shape index (κ2) is 8.04. The first-order valence-corrected chi connectivity index (χ1v) is 9.18. The molecule has 148 valence electrons. The molecule has 0 unspecified atom stereocenters. The number of amides is 2. The van der Waals surface area contributed by atoms with Gasteiger partial charge in [-0.2, -0.15) is 13.2 Å². The third-order valence-electron chi connectivity index (χ3n) is 4.84. The SMILES string of the molecule is CCC(=O)N1CCc2cc(C(=O)NCCc3ccccc3C(F)(F)F)ccc21. The van der Waals surface area contributed by atoms with Crippen LogP contribution in [0.1, 0.15) is 40.4 Å². The summed E-state index contributed by atoms with van der Waals surface area (Å²) in [4.78, 5) is 26.0. The number of rotatable bonds is 5. The third-order valence-corrected chi connectivity index (χ3v) is 4.84. The van der Waals surface area contributed by atoms with Crippen molar-refractivity contribution >= 4 is 17.5 Å². The average molecular weight is 390 g/mol. The summed E-state index contributed by atoms with van der Waals surface area (Å²) in [7, 11) is 0. The van der Waals surface area contributed by atoms with Gasteiger partial charge in [0, 0.05) is 30.8 Å². The van der Waals surface area contributed by atoms with Crippen molar-refractivity contribution in [3.05, 3.63) is 64.7 Å². The molecule has 1 heterocycles. The number of alkyl halides is 3. The fourth-order valence-corrected chi connectivity index (χ4v) is 3.42. The molecule has 1 N–H and O–H groups in total. The summed E-state index contributed by atoms with van der Waals surface area (Å²) in [6.07, 6.45) is -3.23. The van der Waals surface area contributed by atoms with Crippen LogP contribution in [-0.4, -0.2) is 24.9 Å². The van der Waals surface area contributed by atoms with Gasteiger partial charge in [0.25, 0.3) is 5.91 Å². The minimum atomic E-state index is -4.41. The lowest BCUT2D eigenvalue weighted by Gasteiger charge is -2.16. The van der Waals surface area contributed by atoms with Crippen molar-refractivity contribution in [3.8, 4) is 0 Å². The van der Waals surface area contributed by atoms with Crippen molar-refractivity contribution in [1.82, 2.24) is 5.32 Å². The monoisotopic (exact) mass is 390 g/mol. The number of carbonyl (C=O) groups is 2.